The molecule has 0 aromatic carbocycles. The molecule has 0 spiro atoms. The highest BCUT2D eigenvalue weighted by Gasteiger charge is 2.22. The zero-order chi connectivity index (χ0) is 12.0. The van der Waals surface area contributed by atoms with E-state index in [4.69, 9.17) is 9.84 Å². The predicted octanol–water partition coefficient (Wildman–Crippen LogP) is 0.782. The van der Waals surface area contributed by atoms with Gasteiger partial charge in [-0.25, -0.2) is 4.79 Å². The molecule has 0 radical (unpaired) electrons. The van der Waals surface area contributed by atoms with Crippen molar-refractivity contribution >= 4 is 11.9 Å². The van der Waals surface area contributed by atoms with E-state index >= 15 is 0 Å². The van der Waals surface area contributed by atoms with E-state index in [1.807, 2.05) is 6.92 Å². The van der Waals surface area contributed by atoms with Gasteiger partial charge in [-0.3, -0.25) is 4.79 Å². The second-order valence-corrected chi connectivity index (χ2v) is 4.21. The molecule has 1 atom stereocenters. The van der Waals surface area contributed by atoms with Crippen molar-refractivity contribution in [2.24, 2.45) is 5.92 Å². The van der Waals surface area contributed by atoms with Crippen LogP contribution in [0.4, 0.5) is 0 Å². The number of hydrogen-bond acceptors (Lipinski definition) is 3. The van der Waals surface area contributed by atoms with Crippen LogP contribution >= 0.6 is 0 Å². The monoisotopic (exact) mass is 229 g/mol. The lowest BCUT2D eigenvalue weighted by atomic mass is 10.2. The Kier molecular flexibility index (Phi) is 5.25. The smallest absolute Gasteiger partial charge is 0.326 e. The topological polar surface area (TPSA) is 75.6 Å². The lowest BCUT2D eigenvalue weighted by Gasteiger charge is -2.13. The lowest BCUT2D eigenvalue weighted by Crippen LogP contribution is -2.42. The normalized spacial score (nSPS) is 16.8. The van der Waals surface area contributed by atoms with Gasteiger partial charge in [0.1, 0.15) is 12.6 Å². The summed E-state index contributed by atoms with van der Waals surface area (Å²) in [5.74, 6) is -0.724. The molecule has 2 N–H and O–H groups in total. The van der Waals surface area contributed by atoms with Crippen molar-refractivity contribution in [3.63, 3.8) is 0 Å². The Labute approximate surface area is 95.2 Å². The van der Waals surface area contributed by atoms with E-state index in [0.717, 1.165) is 6.42 Å². The Morgan fingerprint density at radius 1 is 1.50 bits per heavy atom. The fourth-order valence-electron chi connectivity index (χ4n) is 1.38. The van der Waals surface area contributed by atoms with Gasteiger partial charge in [-0.05, 0) is 25.2 Å². The molecular weight excluding hydrogens is 210 g/mol. The van der Waals surface area contributed by atoms with Crippen LogP contribution in [0, 0.1) is 5.92 Å². The van der Waals surface area contributed by atoms with Gasteiger partial charge in [0.15, 0.2) is 0 Å². The molecule has 5 nitrogen and oxygen atoms in total. The summed E-state index contributed by atoms with van der Waals surface area (Å²) in [7, 11) is 0. The number of hydrogen-bond donors (Lipinski definition) is 2. The van der Waals surface area contributed by atoms with Gasteiger partial charge in [-0.15, -0.1) is 0 Å². The average molecular weight is 229 g/mol. The quantitative estimate of drug-likeness (QED) is 0.645. The van der Waals surface area contributed by atoms with Gasteiger partial charge in [0.25, 0.3) is 0 Å². The zero-order valence-electron chi connectivity index (χ0n) is 9.57. The SMILES string of the molecule is CCCC(NC(=O)COCC1CC1)C(=O)O. The van der Waals surface area contributed by atoms with Gasteiger partial charge >= 0.3 is 5.97 Å². The Morgan fingerprint density at radius 2 is 2.19 bits per heavy atom. The Hall–Kier alpha value is -1.10. The summed E-state index contributed by atoms with van der Waals surface area (Å²) in [4.78, 5) is 22.1. The third-order valence-corrected chi connectivity index (χ3v) is 2.49. The Balaban J connectivity index is 2.15. The molecule has 1 aliphatic rings. The number of carbonyl (C=O) groups excluding carboxylic acids is 1. The van der Waals surface area contributed by atoms with E-state index in [2.05, 4.69) is 5.32 Å². The van der Waals surface area contributed by atoms with Gasteiger partial charge in [0.2, 0.25) is 5.91 Å². The minimum Gasteiger partial charge on any atom is -0.480 e. The Bertz CT molecular complexity index is 250. The van der Waals surface area contributed by atoms with Crippen LogP contribution in [0.25, 0.3) is 0 Å². The summed E-state index contributed by atoms with van der Waals surface area (Å²) in [6.45, 7) is 2.45. The first-order chi connectivity index (χ1) is 7.63. The largest absolute Gasteiger partial charge is 0.480 e. The van der Waals surface area contributed by atoms with Crippen LogP contribution < -0.4 is 5.32 Å². The summed E-state index contributed by atoms with van der Waals surface area (Å²) in [6.07, 6.45) is 3.52. The fourth-order valence-corrected chi connectivity index (χ4v) is 1.38. The van der Waals surface area contributed by atoms with Gasteiger partial charge in [0.05, 0.1) is 6.61 Å². The number of rotatable bonds is 8. The summed E-state index contributed by atoms with van der Waals surface area (Å²) < 4.78 is 5.17. The highest BCUT2D eigenvalue weighted by Crippen LogP contribution is 2.28. The molecule has 1 aliphatic carbocycles. The molecule has 0 aromatic heterocycles. The number of amides is 1. The van der Waals surface area contributed by atoms with Gasteiger partial charge in [-0.2, -0.15) is 0 Å². The van der Waals surface area contributed by atoms with Crippen molar-refractivity contribution in [2.75, 3.05) is 13.2 Å². The van der Waals surface area contributed by atoms with E-state index in [1.54, 1.807) is 0 Å². The first kappa shape index (κ1) is 13.0. The van der Waals surface area contributed by atoms with Crippen molar-refractivity contribution in [3.8, 4) is 0 Å². The van der Waals surface area contributed by atoms with Crippen LogP contribution in [-0.4, -0.2) is 36.2 Å². The molecule has 1 fully saturated rings. The van der Waals surface area contributed by atoms with Crippen LogP contribution in [0.5, 0.6) is 0 Å². The molecule has 16 heavy (non-hydrogen) atoms. The lowest BCUT2D eigenvalue weighted by molar-refractivity contribution is -0.142. The minimum atomic E-state index is -0.989. The van der Waals surface area contributed by atoms with Crippen LogP contribution in [0.2, 0.25) is 0 Å². The molecule has 0 heterocycles. The number of carboxylic acids is 1. The number of aliphatic carboxylic acids is 1. The minimum absolute atomic E-state index is 0.0377. The number of carboxylic acid groups (broad SMARTS) is 1. The summed E-state index contributed by atoms with van der Waals surface area (Å²) in [5.41, 5.74) is 0. The molecule has 1 rings (SSSR count). The van der Waals surface area contributed by atoms with E-state index in [9.17, 15) is 9.59 Å². The highest BCUT2D eigenvalue weighted by atomic mass is 16.5. The third kappa shape index (κ3) is 5.11. The number of carbonyl (C=O) groups is 2. The number of ether oxygens (including phenoxy) is 1. The van der Waals surface area contributed by atoms with Gasteiger partial charge < -0.3 is 15.2 Å². The highest BCUT2D eigenvalue weighted by molar-refractivity contribution is 5.84. The van der Waals surface area contributed by atoms with E-state index in [1.165, 1.54) is 12.8 Å². The summed E-state index contributed by atoms with van der Waals surface area (Å²) in [6, 6.07) is -0.790. The maximum atomic E-state index is 11.3. The van der Waals surface area contributed by atoms with Crippen molar-refractivity contribution in [1.82, 2.24) is 5.32 Å². The summed E-state index contributed by atoms with van der Waals surface area (Å²) in [5, 5.41) is 11.3. The molecule has 0 saturated heterocycles. The molecule has 0 bridgehead atoms. The second-order valence-electron chi connectivity index (χ2n) is 4.21. The molecule has 1 saturated carbocycles. The molecule has 1 unspecified atom stereocenters. The zero-order valence-corrected chi connectivity index (χ0v) is 9.57. The maximum Gasteiger partial charge on any atom is 0.326 e. The van der Waals surface area contributed by atoms with Crippen LogP contribution in [0.15, 0.2) is 0 Å². The maximum absolute atomic E-state index is 11.3. The van der Waals surface area contributed by atoms with Gasteiger partial charge in [0, 0.05) is 0 Å². The summed E-state index contributed by atoms with van der Waals surface area (Å²) >= 11 is 0. The van der Waals surface area contributed by atoms with Crippen molar-refractivity contribution in [3.05, 3.63) is 0 Å². The fraction of sp³-hybridized carbons (Fsp3) is 0.818. The molecule has 0 aliphatic heterocycles. The molecular formula is C11H19NO4. The van der Waals surface area contributed by atoms with Crippen LogP contribution in [0.1, 0.15) is 32.6 Å². The van der Waals surface area contributed by atoms with Crippen LogP contribution in [-0.2, 0) is 14.3 Å². The number of nitrogens with one attached hydrogen (secondary N) is 1. The van der Waals surface area contributed by atoms with E-state index in [0.29, 0.717) is 18.9 Å². The predicted molar refractivity (Wildman–Crippen MR) is 58.0 cm³/mol. The van der Waals surface area contributed by atoms with Gasteiger partial charge in [-0.1, -0.05) is 13.3 Å². The Morgan fingerprint density at radius 3 is 2.69 bits per heavy atom. The average Bonchev–Trinajstić information content (AvgIpc) is 3.01. The molecule has 1 amide bonds. The van der Waals surface area contributed by atoms with Crippen LogP contribution in [0.3, 0.4) is 0 Å². The third-order valence-electron chi connectivity index (χ3n) is 2.49. The van der Waals surface area contributed by atoms with Crippen molar-refractivity contribution < 1.29 is 19.4 Å². The molecule has 5 heteroatoms. The second kappa shape index (κ2) is 6.48. The first-order valence-corrected chi connectivity index (χ1v) is 5.73. The first-order valence-electron chi connectivity index (χ1n) is 5.73. The molecule has 0 aromatic rings. The molecule has 92 valence electrons. The standard InChI is InChI=1S/C11H19NO4/c1-2-3-9(11(14)15)12-10(13)7-16-6-8-4-5-8/h8-9H,2-7H2,1H3,(H,12,13)(H,14,15). The van der Waals surface area contributed by atoms with Crippen molar-refractivity contribution in [2.45, 2.75) is 38.6 Å². The van der Waals surface area contributed by atoms with Crippen molar-refractivity contribution in [1.29, 1.82) is 0 Å². The van der Waals surface area contributed by atoms with E-state index < -0.39 is 12.0 Å². The van der Waals surface area contributed by atoms with E-state index in [-0.39, 0.29) is 12.5 Å².